The van der Waals surface area contributed by atoms with Crippen LogP contribution in [0.3, 0.4) is 0 Å². The molecule has 0 aromatic rings. The monoisotopic (exact) mass is 153 g/mol. The Labute approximate surface area is 60.5 Å². The minimum absolute atomic E-state index is 0. The summed E-state index contributed by atoms with van der Waals surface area (Å²) in [5.74, 6) is 0. The van der Waals surface area contributed by atoms with E-state index in [1.54, 1.807) is 0 Å². The summed E-state index contributed by atoms with van der Waals surface area (Å²) in [7, 11) is 0. The lowest BCUT2D eigenvalue weighted by atomic mass is 10.3. The van der Waals surface area contributed by atoms with Gasteiger partial charge in [-0.25, -0.2) is 0 Å². The summed E-state index contributed by atoms with van der Waals surface area (Å²) in [6, 6.07) is 0. The average Bonchev–Trinajstić information content (AvgIpc) is 1.69. The molecule has 3 heteroatoms. The predicted molar refractivity (Wildman–Crippen MR) is 38.7 cm³/mol. The van der Waals surface area contributed by atoms with E-state index >= 15 is 0 Å². The lowest BCUT2D eigenvalue weighted by Crippen LogP contribution is -2.19. The smallest absolute Gasteiger partial charge is 0.0310 e. The lowest BCUT2D eigenvalue weighted by Gasteiger charge is -2.06. The highest BCUT2D eigenvalue weighted by molar-refractivity contribution is 6.29. The molecule has 48 valence electrons. The zero-order chi connectivity index (χ0) is 5.11. The van der Waals surface area contributed by atoms with Gasteiger partial charge in [-0.15, -0.1) is 12.4 Å². The van der Waals surface area contributed by atoms with Gasteiger partial charge in [-0.05, 0) is 13.0 Å². The molecule has 1 aliphatic heterocycles. The van der Waals surface area contributed by atoms with E-state index in [4.69, 9.17) is 11.6 Å². The largest absolute Gasteiger partial charge is 0.311 e. The van der Waals surface area contributed by atoms with Crippen molar-refractivity contribution in [3.05, 3.63) is 11.1 Å². The van der Waals surface area contributed by atoms with Crippen LogP contribution in [0.2, 0.25) is 0 Å². The molecule has 0 fully saturated rings. The SMILES string of the molecule is Cl.ClC1=CCCNC1. The zero-order valence-electron chi connectivity index (χ0n) is 4.48. The minimum atomic E-state index is 0. The molecule has 0 aromatic carbocycles. The quantitative estimate of drug-likeness (QED) is 0.557. The Morgan fingerprint density at radius 2 is 2.38 bits per heavy atom. The van der Waals surface area contributed by atoms with Crippen LogP contribution in [0.15, 0.2) is 11.1 Å². The van der Waals surface area contributed by atoms with Crippen molar-refractivity contribution in [1.82, 2.24) is 5.32 Å². The van der Waals surface area contributed by atoms with Gasteiger partial charge in [0.05, 0.1) is 0 Å². The Kier molecular flexibility index (Phi) is 4.33. The second-order valence-electron chi connectivity index (χ2n) is 1.62. The maximum absolute atomic E-state index is 5.62. The Morgan fingerprint density at radius 3 is 2.62 bits per heavy atom. The van der Waals surface area contributed by atoms with Gasteiger partial charge >= 0.3 is 0 Å². The molecule has 0 aromatic heterocycles. The first-order valence-corrected chi connectivity index (χ1v) is 2.82. The summed E-state index contributed by atoms with van der Waals surface area (Å²) < 4.78 is 0. The maximum Gasteiger partial charge on any atom is 0.0310 e. The van der Waals surface area contributed by atoms with E-state index in [2.05, 4.69) is 11.4 Å². The van der Waals surface area contributed by atoms with Gasteiger partial charge in [0.1, 0.15) is 0 Å². The molecule has 0 atom stereocenters. The standard InChI is InChI=1S/C5H8ClN.ClH/c6-5-2-1-3-7-4-5;/h2,7H,1,3-4H2;1H. The first-order chi connectivity index (χ1) is 3.39. The van der Waals surface area contributed by atoms with Crippen molar-refractivity contribution in [2.45, 2.75) is 6.42 Å². The molecule has 8 heavy (non-hydrogen) atoms. The van der Waals surface area contributed by atoms with Crippen LogP contribution in [-0.4, -0.2) is 13.1 Å². The Balaban J connectivity index is 0.000000490. The molecule has 0 radical (unpaired) electrons. The maximum atomic E-state index is 5.62. The van der Waals surface area contributed by atoms with E-state index in [0.29, 0.717) is 0 Å². The molecular formula is C5H9Cl2N. The number of nitrogens with one attached hydrogen (secondary N) is 1. The van der Waals surface area contributed by atoms with Crippen molar-refractivity contribution >= 4 is 24.0 Å². The summed E-state index contributed by atoms with van der Waals surface area (Å²) in [5, 5.41) is 4.08. The fourth-order valence-electron chi connectivity index (χ4n) is 0.611. The van der Waals surface area contributed by atoms with Crippen molar-refractivity contribution in [2.24, 2.45) is 0 Å². The second-order valence-corrected chi connectivity index (χ2v) is 2.10. The van der Waals surface area contributed by atoms with E-state index < -0.39 is 0 Å². The average molecular weight is 154 g/mol. The van der Waals surface area contributed by atoms with Crippen LogP contribution < -0.4 is 5.32 Å². The summed E-state index contributed by atoms with van der Waals surface area (Å²) in [6.07, 6.45) is 3.14. The minimum Gasteiger partial charge on any atom is -0.311 e. The summed E-state index contributed by atoms with van der Waals surface area (Å²) >= 11 is 5.62. The van der Waals surface area contributed by atoms with Crippen molar-refractivity contribution in [3.8, 4) is 0 Å². The zero-order valence-corrected chi connectivity index (χ0v) is 6.06. The van der Waals surface area contributed by atoms with E-state index in [-0.39, 0.29) is 12.4 Å². The number of hydrogen-bond donors (Lipinski definition) is 1. The fourth-order valence-corrected chi connectivity index (χ4v) is 0.814. The lowest BCUT2D eigenvalue weighted by molar-refractivity contribution is 0.721. The van der Waals surface area contributed by atoms with Crippen molar-refractivity contribution in [3.63, 3.8) is 0 Å². The molecule has 1 heterocycles. The first-order valence-electron chi connectivity index (χ1n) is 2.45. The van der Waals surface area contributed by atoms with Crippen LogP contribution in [0.5, 0.6) is 0 Å². The number of rotatable bonds is 0. The Hall–Kier alpha value is 0.280. The molecular weight excluding hydrogens is 145 g/mol. The molecule has 0 saturated heterocycles. The van der Waals surface area contributed by atoms with Gasteiger partial charge in [0.25, 0.3) is 0 Å². The van der Waals surface area contributed by atoms with E-state index in [1.165, 1.54) is 0 Å². The van der Waals surface area contributed by atoms with Gasteiger partial charge in [0.15, 0.2) is 0 Å². The Morgan fingerprint density at radius 1 is 1.62 bits per heavy atom. The van der Waals surface area contributed by atoms with Crippen LogP contribution >= 0.6 is 24.0 Å². The van der Waals surface area contributed by atoms with Gasteiger partial charge < -0.3 is 5.32 Å². The number of hydrogen-bond acceptors (Lipinski definition) is 1. The van der Waals surface area contributed by atoms with Crippen LogP contribution in [0, 0.1) is 0 Å². The third-order valence-electron chi connectivity index (χ3n) is 0.981. The molecule has 1 N–H and O–H groups in total. The van der Waals surface area contributed by atoms with Crippen LogP contribution in [0.4, 0.5) is 0 Å². The third-order valence-corrected chi connectivity index (χ3v) is 1.27. The highest BCUT2D eigenvalue weighted by Crippen LogP contribution is 2.03. The second kappa shape index (κ2) is 4.19. The van der Waals surface area contributed by atoms with E-state index in [1.807, 2.05) is 0 Å². The van der Waals surface area contributed by atoms with Crippen molar-refractivity contribution in [2.75, 3.05) is 13.1 Å². The highest BCUT2D eigenvalue weighted by Gasteiger charge is 1.95. The highest BCUT2D eigenvalue weighted by atomic mass is 35.5. The predicted octanol–water partition coefficient (Wildman–Crippen LogP) is 1.52. The number of halogens is 2. The molecule has 0 aliphatic carbocycles. The molecule has 0 spiro atoms. The van der Waals surface area contributed by atoms with Crippen molar-refractivity contribution in [1.29, 1.82) is 0 Å². The first kappa shape index (κ1) is 8.28. The van der Waals surface area contributed by atoms with Crippen molar-refractivity contribution < 1.29 is 0 Å². The summed E-state index contributed by atoms with van der Waals surface area (Å²) in [5.41, 5.74) is 0. The summed E-state index contributed by atoms with van der Waals surface area (Å²) in [4.78, 5) is 0. The van der Waals surface area contributed by atoms with Gasteiger partial charge in [-0.3, -0.25) is 0 Å². The molecule has 0 bridgehead atoms. The third kappa shape index (κ3) is 2.55. The van der Waals surface area contributed by atoms with Gasteiger partial charge in [0.2, 0.25) is 0 Å². The van der Waals surface area contributed by atoms with E-state index in [0.717, 1.165) is 24.5 Å². The molecule has 1 rings (SSSR count). The van der Waals surface area contributed by atoms with E-state index in [9.17, 15) is 0 Å². The van der Waals surface area contributed by atoms with Crippen LogP contribution in [0.1, 0.15) is 6.42 Å². The summed E-state index contributed by atoms with van der Waals surface area (Å²) in [6.45, 7) is 1.94. The van der Waals surface area contributed by atoms with Crippen LogP contribution in [0.25, 0.3) is 0 Å². The topological polar surface area (TPSA) is 12.0 Å². The van der Waals surface area contributed by atoms with Gasteiger partial charge in [-0.1, -0.05) is 17.7 Å². The van der Waals surface area contributed by atoms with Gasteiger partial charge in [-0.2, -0.15) is 0 Å². The molecule has 0 saturated carbocycles. The normalized spacial score (nSPS) is 18.9. The molecule has 1 aliphatic rings. The Bertz CT molecular complexity index is 90.4. The molecule has 1 nitrogen and oxygen atoms in total. The fraction of sp³-hybridized carbons (Fsp3) is 0.600. The molecule has 0 amide bonds. The van der Waals surface area contributed by atoms with Gasteiger partial charge in [0, 0.05) is 11.6 Å². The van der Waals surface area contributed by atoms with Crippen LogP contribution in [-0.2, 0) is 0 Å². The molecule has 0 unspecified atom stereocenters.